The lowest BCUT2D eigenvalue weighted by molar-refractivity contribution is -0.129. The Kier molecular flexibility index (Phi) is 9.21. The van der Waals surface area contributed by atoms with E-state index in [1.54, 1.807) is 31.2 Å². The number of esters is 1. The van der Waals surface area contributed by atoms with E-state index in [1.165, 1.54) is 12.3 Å². The van der Waals surface area contributed by atoms with E-state index < -0.39 is 18.0 Å². The van der Waals surface area contributed by atoms with Gasteiger partial charge in [0.1, 0.15) is 11.5 Å². The van der Waals surface area contributed by atoms with Crippen molar-refractivity contribution in [2.24, 2.45) is 5.10 Å². The highest BCUT2D eigenvalue weighted by Gasteiger charge is 2.14. The van der Waals surface area contributed by atoms with E-state index in [1.807, 2.05) is 84.9 Å². The third-order valence-electron chi connectivity index (χ3n) is 5.42. The molecule has 0 saturated carbocycles. The second-order valence-corrected chi connectivity index (χ2v) is 9.15. The summed E-state index contributed by atoms with van der Waals surface area (Å²) in [5.41, 5.74) is 6.02. The summed E-state index contributed by atoms with van der Waals surface area (Å²) in [6, 6.07) is 32.1. The van der Waals surface area contributed by atoms with Crippen LogP contribution in [0, 0.1) is 0 Å². The maximum Gasteiger partial charge on any atom is 0.336 e. The van der Waals surface area contributed by atoms with Gasteiger partial charge >= 0.3 is 5.97 Å². The van der Waals surface area contributed by atoms with Crippen molar-refractivity contribution in [3.8, 4) is 22.6 Å². The zero-order valence-electron chi connectivity index (χ0n) is 20.6. The van der Waals surface area contributed by atoms with E-state index in [-0.39, 0.29) is 0 Å². The first-order valence-corrected chi connectivity index (χ1v) is 12.7. The molecule has 0 spiro atoms. The number of carbonyl (C=O) groups is 2. The van der Waals surface area contributed by atoms with Crippen LogP contribution in [0.25, 0.3) is 17.2 Å². The van der Waals surface area contributed by atoms with Gasteiger partial charge in [0.15, 0.2) is 6.10 Å². The minimum Gasteiger partial charge on any atom is -0.481 e. The van der Waals surface area contributed by atoms with E-state index in [9.17, 15) is 9.59 Å². The molecular weight excluding hydrogens is 544 g/mol. The second-order valence-electron chi connectivity index (χ2n) is 8.23. The molecule has 4 aromatic carbocycles. The Morgan fingerprint density at radius 2 is 1.53 bits per heavy atom. The van der Waals surface area contributed by atoms with Gasteiger partial charge in [-0.05, 0) is 60.0 Å². The van der Waals surface area contributed by atoms with Crippen LogP contribution < -0.4 is 14.9 Å². The SMILES string of the molecule is CC(Oc1ccc(-c2ccccc2)cc1)C(=O)NN=Cc1cc(Br)ccc1OC(=O)C=Cc1ccccc1. The summed E-state index contributed by atoms with van der Waals surface area (Å²) in [6.45, 7) is 1.64. The molecule has 6 nitrogen and oxygen atoms in total. The molecule has 1 atom stereocenters. The monoisotopic (exact) mass is 568 g/mol. The van der Waals surface area contributed by atoms with Crippen LogP contribution in [0.15, 0.2) is 119 Å². The smallest absolute Gasteiger partial charge is 0.336 e. The molecule has 4 aromatic rings. The van der Waals surface area contributed by atoms with Crippen molar-refractivity contribution in [1.82, 2.24) is 5.43 Å². The Hall–Kier alpha value is -4.49. The van der Waals surface area contributed by atoms with Crippen LogP contribution in [0.1, 0.15) is 18.1 Å². The van der Waals surface area contributed by atoms with Crippen LogP contribution in [0.2, 0.25) is 0 Å². The Morgan fingerprint density at radius 1 is 0.868 bits per heavy atom. The minimum absolute atomic E-state index is 0.303. The van der Waals surface area contributed by atoms with Crippen LogP contribution in [-0.4, -0.2) is 24.2 Å². The molecule has 4 rings (SSSR count). The molecule has 7 heteroatoms. The largest absolute Gasteiger partial charge is 0.481 e. The fraction of sp³-hybridized carbons (Fsp3) is 0.0645. The molecule has 0 heterocycles. The van der Waals surface area contributed by atoms with Gasteiger partial charge in [-0.1, -0.05) is 88.7 Å². The molecule has 0 aliphatic carbocycles. The number of amides is 1. The van der Waals surface area contributed by atoms with E-state index in [2.05, 4.69) is 26.5 Å². The number of hydrogen-bond acceptors (Lipinski definition) is 5. The lowest BCUT2D eigenvalue weighted by Crippen LogP contribution is -2.33. The Balaban J connectivity index is 1.34. The number of hydrazone groups is 1. The topological polar surface area (TPSA) is 77.0 Å². The normalized spacial score (nSPS) is 11.8. The number of halogens is 1. The summed E-state index contributed by atoms with van der Waals surface area (Å²) in [5.74, 6) is -0.0827. The van der Waals surface area contributed by atoms with Crippen molar-refractivity contribution in [2.75, 3.05) is 0 Å². The maximum atomic E-state index is 12.5. The molecule has 0 aliphatic heterocycles. The predicted octanol–water partition coefficient (Wildman–Crippen LogP) is 6.65. The van der Waals surface area contributed by atoms with Gasteiger partial charge in [-0.2, -0.15) is 5.10 Å². The number of rotatable bonds is 9. The molecule has 1 amide bonds. The molecule has 1 unspecified atom stereocenters. The third-order valence-corrected chi connectivity index (χ3v) is 5.91. The van der Waals surface area contributed by atoms with Gasteiger partial charge in [-0.15, -0.1) is 0 Å². The fourth-order valence-electron chi connectivity index (χ4n) is 3.45. The zero-order chi connectivity index (χ0) is 26.7. The van der Waals surface area contributed by atoms with Gasteiger partial charge < -0.3 is 9.47 Å². The van der Waals surface area contributed by atoms with Gasteiger partial charge in [-0.3, -0.25) is 4.79 Å². The predicted molar refractivity (Wildman–Crippen MR) is 153 cm³/mol. The van der Waals surface area contributed by atoms with Crippen molar-refractivity contribution < 1.29 is 19.1 Å². The van der Waals surface area contributed by atoms with Gasteiger partial charge in [0.05, 0.1) is 6.21 Å². The van der Waals surface area contributed by atoms with Crippen molar-refractivity contribution in [3.05, 3.63) is 125 Å². The van der Waals surface area contributed by atoms with Gasteiger partial charge in [-0.25, -0.2) is 10.2 Å². The van der Waals surface area contributed by atoms with Crippen molar-refractivity contribution in [3.63, 3.8) is 0 Å². The zero-order valence-corrected chi connectivity index (χ0v) is 22.2. The van der Waals surface area contributed by atoms with E-state index in [4.69, 9.17) is 9.47 Å². The highest BCUT2D eigenvalue weighted by molar-refractivity contribution is 9.10. The van der Waals surface area contributed by atoms with Gasteiger partial charge in [0.25, 0.3) is 5.91 Å². The van der Waals surface area contributed by atoms with Gasteiger partial charge in [0.2, 0.25) is 0 Å². The number of ether oxygens (including phenoxy) is 2. The summed E-state index contributed by atoms with van der Waals surface area (Å²) in [7, 11) is 0. The number of nitrogens with zero attached hydrogens (tertiary/aromatic N) is 1. The van der Waals surface area contributed by atoms with Crippen LogP contribution in [0.4, 0.5) is 0 Å². The summed E-state index contributed by atoms with van der Waals surface area (Å²) in [5, 5.41) is 4.03. The molecular formula is C31H25BrN2O4. The molecule has 0 aromatic heterocycles. The first-order valence-electron chi connectivity index (χ1n) is 11.9. The molecule has 1 N–H and O–H groups in total. The summed E-state index contributed by atoms with van der Waals surface area (Å²) in [4.78, 5) is 24.8. The van der Waals surface area contributed by atoms with Crippen molar-refractivity contribution in [1.29, 1.82) is 0 Å². The molecule has 0 bridgehead atoms. The van der Waals surface area contributed by atoms with Crippen LogP contribution in [0.5, 0.6) is 11.5 Å². The molecule has 190 valence electrons. The van der Waals surface area contributed by atoms with Crippen LogP contribution in [0.3, 0.4) is 0 Å². The minimum atomic E-state index is -0.780. The molecule has 0 fully saturated rings. The first kappa shape index (κ1) is 26.6. The standard InChI is InChI=1S/C31H25BrN2O4/c1-22(37-28-16-13-25(14-17-28)24-10-6-3-7-11-24)31(36)34-33-21-26-20-27(32)15-18-29(26)38-30(35)19-12-23-8-4-2-5-9-23/h2-22H,1H3,(H,34,36). The van der Waals surface area contributed by atoms with Crippen LogP contribution in [-0.2, 0) is 9.59 Å². The lowest BCUT2D eigenvalue weighted by Gasteiger charge is -2.13. The quantitative estimate of drug-likeness (QED) is 0.0805. The Bertz CT molecular complexity index is 1440. The highest BCUT2D eigenvalue weighted by atomic mass is 79.9. The lowest BCUT2D eigenvalue weighted by atomic mass is 10.1. The molecule has 38 heavy (non-hydrogen) atoms. The summed E-state index contributed by atoms with van der Waals surface area (Å²) in [6.07, 6.45) is 3.66. The molecule has 0 radical (unpaired) electrons. The maximum absolute atomic E-state index is 12.5. The molecule has 0 saturated heterocycles. The highest BCUT2D eigenvalue weighted by Crippen LogP contribution is 2.23. The van der Waals surface area contributed by atoms with Crippen LogP contribution >= 0.6 is 15.9 Å². The second kappa shape index (κ2) is 13.2. The number of nitrogens with one attached hydrogen (secondary N) is 1. The Labute approximate surface area is 229 Å². The average Bonchev–Trinajstić information content (AvgIpc) is 2.94. The van der Waals surface area contributed by atoms with E-state index in [0.29, 0.717) is 17.1 Å². The third kappa shape index (κ3) is 7.75. The summed E-state index contributed by atoms with van der Waals surface area (Å²) < 4.78 is 12.0. The van der Waals surface area contributed by atoms with Gasteiger partial charge in [0, 0.05) is 16.1 Å². The van der Waals surface area contributed by atoms with Crippen molar-refractivity contribution >= 4 is 40.1 Å². The summed E-state index contributed by atoms with van der Waals surface area (Å²) >= 11 is 3.40. The Morgan fingerprint density at radius 3 is 2.24 bits per heavy atom. The average molecular weight is 569 g/mol. The van der Waals surface area contributed by atoms with Crippen molar-refractivity contribution in [2.45, 2.75) is 13.0 Å². The number of hydrogen-bond donors (Lipinski definition) is 1. The molecule has 0 aliphatic rings. The number of carbonyl (C=O) groups excluding carboxylic acids is 2. The fourth-order valence-corrected chi connectivity index (χ4v) is 3.83. The number of benzene rings is 4. The van der Waals surface area contributed by atoms with E-state index in [0.717, 1.165) is 21.2 Å². The first-order chi connectivity index (χ1) is 18.5. The van der Waals surface area contributed by atoms with E-state index >= 15 is 0 Å².